The molecule has 0 aromatic heterocycles. The zero-order valence-corrected chi connectivity index (χ0v) is 16.6. The fraction of sp³-hybridized carbons (Fsp3) is 0.304. The molecule has 1 unspecified atom stereocenters. The SMILES string of the molecule is O=C(OCc1ccccc1)N1CC=C(c2ccc(N3CC(CO)OC3=O)cc2)CC1. The minimum Gasteiger partial charge on any atom is -0.445 e. The van der Waals surface area contributed by atoms with Gasteiger partial charge in [0.05, 0.1) is 13.2 Å². The molecule has 2 heterocycles. The third-order valence-electron chi connectivity index (χ3n) is 5.30. The van der Waals surface area contributed by atoms with E-state index in [-0.39, 0.29) is 19.3 Å². The maximum atomic E-state index is 12.3. The van der Waals surface area contributed by atoms with Crippen molar-refractivity contribution in [3.63, 3.8) is 0 Å². The lowest BCUT2D eigenvalue weighted by Crippen LogP contribution is -2.35. The molecule has 2 amide bonds. The number of rotatable bonds is 5. The van der Waals surface area contributed by atoms with Crippen LogP contribution in [0.4, 0.5) is 15.3 Å². The number of cyclic esters (lactones) is 1. The lowest BCUT2D eigenvalue weighted by Gasteiger charge is -2.26. The van der Waals surface area contributed by atoms with Crippen LogP contribution in [-0.2, 0) is 16.1 Å². The van der Waals surface area contributed by atoms with E-state index in [0.29, 0.717) is 19.6 Å². The van der Waals surface area contributed by atoms with Gasteiger partial charge in [-0.15, -0.1) is 0 Å². The second kappa shape index (κ2) is 9.00. The van der Waals surface area contributed by atoms with Crippen LogP contribution in [0.25, 0.3) is 5.57 Å². The van der Waals surface area contributed by atoms with Gasteiger partial charge in [0.2, 0.25) is 0 Å². The number of nitrogens with zero attached hydrogens (tertiary/aromatic N) is 2. The smallest absolute Gasteiger partial charge is 0.414 e. The van der Waals surface area contributed by atoms with Crippen LogP contribution in [0.3, 0.4) is 0 Å². The molecule has 0 aliphatic carbocycles. The van der Waals surface area contributed by atoms with Crippen molar-refractivity contribution in [3.05, 3.63) is 71.8 Å². The Morgan fingerprint density at radius 3 is 2.53 bits per heavy atom. The molecule has 1 atom stereocenters. The summed E-state index contributed by atoms with van der Waals surface area (Å²) in [6.07, 6.45) is 1.54. The number of amides is 2. The summed E-state index contributed by atoms with van der Waals surface area (Å²) in [6, 6.07) is 17.3. The predicted octanol–water partition coefficient (Wildman–Crippen LogP) is 3.43. The molecule has 2 aliphatic heterocycles. The molecule has 1 saturated heterocycles. The fourth-order valence-electron chi connectivity index (χ4n) is 3.59. The van der Waals surface area contributed by atoms with Crippen molar-refractivity contribution >= 4 is 23.4 Å². The molecule has 30 heavy (non-hydrogen) atoms. The van der Waals surface area contributed by atoms with Crippen LogP contribution in [0.15, 0.2) is 60.7 Å². The van der Waals surface area contributed by atoms with Crippen molar-refractivity contribution < 1.29 is 24.2 Å². The molecule has 0 bridgehead atoms. The van der Waals surface area contributed by atoms with Gasteiger partial charge in [0.15, 0.2) is 0 Å². The molecule has 2 aliphatic rings. The van der Waals surface area contributed by atoms with Crippen LogP contribution >= 0.6 is 0 Å². The summed E-state index contributed by atoms with van der Waals surface area (Å²) in [7, 11) is 0. The second-order valence-corrected chi connectivity index (χ2v) is 7.31. The first-order chi connectivity index (χ1) is 14.6. The van der Waals surface area contributed by atoms with E-state index in [2.05, 4.69) is 0 Å². The maximum Gasteiger partial charge on any atom is 0.414 e. The van der Waals surface area contributed by atoms with E-state index in [1.165, 1.54) is 4.90 Å². The Bertz CT molecular complexity index is 926. The molecular weight excluding hydrogens is 384 g/mol. The Hall–Kier alpha value is -3.32. The normalized spacial score (nSPS) is 18.8. The van der Waals surface area contributed by atoms with Crippen LogP contribution in [-0.4, -0.2) is 54.5 Å². The predicted molar refractivity (Wildman–Crippen MR) is 112 cm³/mol. The fourth-order valence-corrected chi connectivity index (χ4v) is 3.59. The van der Waals surface area contributed by atoms with Crippen LogP contribution < -0.4 is 4.90 Å². The number of hydrogen-bond donors (Lipinski definition) is 1. The summed E-state index contributed by atoms with van der Waals surface area (Å²) < 4.78 is 10.5. The Kier molecular flexibility index (Phi) is 5.99. The number of hydrogen-bond acceptors (Lipinski definition) is 5. The lowest BCUT2D eigenvalue weighted by molar-refractivity contribution is 0.0962. The Labute approximate surface area is 175 Å². The first-order valence-corrected chi connectivity index (χ1v) is 9.98. The van der Waals surface area contributed by atoms with Crippen LogP contribution in [0, 0.1) is 0 Å². The summed E-state index contributed by atoms with van der Waals surface area (Å²) in [5.74, 6) is 0. The molecule has 0 saturated carbocycles. The molecule has 156 valence electrons. The van der Waals surface area contributed by atoms with E-state index in [1.807, 2.05) is 60.7 Å². The molecule has 1 N–H and O–H groups in total. The minimum absolute atomic E-state index is 0.183. The second-order valence-electron chi connectivity index (χ2n) is 7.31. The van der Waals surface area contributed by atoms with Gasteiger partial charge in [0.25, 0.3) is 0 Å². The number of aliphatic hydroxyl groups is 1. The zero-order chi connectivity index (χ0) is 20.9. The molecular formula is C23H24N2O5. The van der Waals surface area contributed by atoms with E-state index in [1.54, 1.807) is 4.90 Å². The van der Waals surface area contributed by atoms with Gasteiger partial charge in [-0.2, -0.15) is 0 Å². The Morgan fingerprint density at radius 1 is 1.13 bits per heavy atom. The first kappa shape index (κ1) is 20.0. The molecule has 7 heteroatoms. The number of aliphatic hydroxyl groups excluding tert-OH is 1. The Morgan fingerprint density at radius 2 is 1.90 bits per heavy atom. The number of ether oxygens (including phenoxy) is 2. The van der Waals surface area contributed by atoms with Gasteiger partial charge >= 0.3 is 12.2 Å². The average molecular weight is 408 g/mol. The van der Waals surface area contributed by atoms with E-state index < -0.39 is 12.2 Å². The standard InChI is InChI=1S/C23H24N2O5/c26-15-21-14-25(23(28)30-21)20-8-6-18(7-9-20)19-10-12-24(13-11-19)22(27)29-16-17-4-2-1-3-5-17/h1-10,21,26H,11-16H2. The number of carbonyl (C=O) groups excluding carboxylic acids is 2. The summed E-state index contributed by atoms with van der Waals surface area (Å²) in [5, 5.41) is 9.17. The average Bonchev–Trinajstić information content (AvgIpc) is 3.19. The first-order valence-electron chi connectivity index (χ1n) is 9.98. The van der Waals surface area contributed by atoms with Gasteiger partial charge in [-0.3, -0.25) is 4.90 Å². The summed E-state index contributed by atoms with van der Waals surface area (Å²) in [5.41, 5.74) is 3.92. The zero-order valence-electron chi connectivity index (χ0n) is 16.6. The van der Waals surface area contributed by atoms with Gasteiger partial charge in [0, 0.05) is 18.8 Å². The van der Waals surface area contributed by atoms with Crippen molar-refractivity contribution in [1.82, 2.24) is 4.90 Å². The molecule has 7 nitrogen and oxygen atoms in total. The molecule has 4 rings (SSSR count). The van der Waals surface area contributed by atoms with Crippen LogP contribution in [0.2, 0.25) is 0 Å². The van der Waals surface area contributed by atoms with Gasteiger partial charge in [-0.05, 0) is 35.3 Å². The topological polar surface area (TPSA) is 79.3 Å². The van der Waals surface area contributed by atoms with Gasteiger partial charge in [0.1, 0.15) is 12.7 Å². The van der Waals surface area contributed by atoms with Gasteiger partial charge in [-0.1, -0.05) is 48.5 Å². The maximum absolute atomic E-state index is 12.3. The van der Waals surface area contributed by atoms with E-state index in [9.17, 15) is 9.59 Å². The monoisotopic (exact) mass is 408 g/mol. The van der Waals surface area contributed by atoms with E-state index in [0.717, 1.165) is 28.8 Å². The van der Waals surface area contributed by atoms with Crippen molar-refractivity contribution in [3.8, 4) is 0 Å². The summed E-state index contributed by atoms with van der Waals surface area (Å²) >= 11 is 0. The van der Waals surface area contributed by atoms with E-state index in [4.69, 9.17) is 14.6 Å². The minimum atomic E-state index is -0.481. The Balaban J connectivity index is 1.33. The molecule has 2 aromatic carbocycles. The highest BCUT2D eigenvalue weighted by molar-refractivity contribution is 5.90. The summed E-state index contributed by atoms with van der Waals surface area (Å²) in [4.78, 5) is 27.4. The third-order valence-corrected chi connectivity index (χ3v) is 5.30. The van der Waals surface area contributed by atoms with E-state index >= 15 is 0 Å². The van der Waals surface area contributed by atoms with Crippen molar-refractivity contribution in [2.45, 2.75) is 19.1 Å². The van der Waals surface area contributed by atoms with Gasteiger partial charge < -0.3 is 19.5 Å². The van der Waals surface area contributed by atoms with Crippen LogP contribution in [0.5, 0.6) is 0 Å². The summed E-state index contributed by atoms with van der Waals surface area (Å²) in [6.45, 7) is 1.53. The number of anilines is 1. The lowest BCUT2D eigenvalue weighted by atomic mass is 9.99. The van der Waals surface area contributed by atoms with Crippen LogP contribution in [0.1, 0.15) is 17.5 Å². The van der Waals surface area contributed by atoms with Crippen molar-refractivity contribution in [1.29, 1.82) is 0 Å². The highest BCUT2D eigenvalue weighted by atomic mass is 16.6. The largest absolute Gasteiger partial charge is 0.445 e. The highest BCUT2D eigenvalue weighted by Gasteiger charge is 2.31. The quantitative estimate of drug-likeness (QED) is 0.820. The number of benzene rings is 2. The number of carbonyl (C=O) groups is 2. The highest BCUT2D eigenvalue weighted by Crippen LogP contribution is 2.27. The molecule has 0 spiro atoms. The van der Waals surface area contributed by atoms with Crippen molar-refractivity contribution in [2.24, 2.45) is 0 Å². The van der Waals surface area contributed by atoms with Gasteiger partial charge in [-0.25, -0.2) is 9.59 Å². The van der Waals surface area contributed by atoms with Crippen molar-refractivity contribution in [2.75, 3.05) is 31.1 Å². The molecule has 0 radical (unpaired) electrons. The molecule has 1 fully saturated rings. The molecule has 2 aromatic rings. The third kappa shape index (κ3) is 4.46.